The van der Waals surface area contributed by atoms with E-state index < -0.39 is 12.0 Å². The lowest BCUT2D eigenvalue weighted by Gasteiger charge is -2.05. The molecule has 9 nitrogen and oxygen atoms in total. The van der Waals surface area contributed by atoms with Gasteiger partial charge in [-0.25, -0.2) is 4.63 Å². The molecule has 2 aromatic heterocycles. The second-order valence-electron chi connectivity index (χ2n) is 6.10. The molecule has 0 aliphatic rings. The van der Waals surface area contributed by atoms with E-state index >= 15 is 0 Å². The fourth-order valence-electron chi connectivity index (χ4n) is 2.54. The second-order valence-corrected chi connectivity index (χ2v) is 6.10. The predicted octanol–water partition coefficient (Wildman–Crippen LogP) is 0.459. The maximum absolute atomic E-state index is 11.8. The number of hydrogen-bond acceptors (Lipinski definition) is 7. The van der Waals surface area contributed by atoms with Crippen LogP contribution in [0.1, 0.15) is 34.8 Å². The van der Waals surface area contributed by atoms with Gasteiger partial charge in [0.15, 0.2) is 5.76 Å². The first-order valence-corrected chi connectivity index (χ1v) is 8.59. The van der Waals surface area contributed by atoms with Gasteiger partial charge in [0.25, 0.3) is 5.91 Å². The van der Waals surface area contributed by atoms with Crippen LogP contribution in [-0.2, 0) is 6.54 Å². The lowest BCUT2D eigenvalue weighted by atomic mass is 10.1. The molecular formula is C18H22N5O4+. The van der Waals surface area contributed by atoms with Gasteiger partial charge in [0.2, 0.25) is 11.5 Å². The summed E-state index contributed by atoms with van der Waals surface area (Å²) in [5, 5.41) is 21.1. The molecule has 27 heavy (non-hydrogen) atoms. The lowest BCUT2D eigenvalue weighted by molar-refractivity contribution is -0.670. The van der Waals surface area contributed by atoms with Gasteiger partial charge in [-0.15, -0.1) is 0 Å². The van der Waals surface area contributed by atoms with E-state index in [1.807, 2.05) is 41.7 Å². The molecule has 6 N–H and O–H groups in total. The van der Waals surface area contributed by atoms with Crippen molar-refractivity contribution in [3.8, 4) is 11.3 Å². The van der Waals surface area contributed by atoms with Crippen LogP contribution >= 0.6 is 0 Å². The SMILES string of the molecule is C[C@@H](O)c1ccc(-c2ccc(C[NH2+]CCNC(=O)c3nonc3N)o2)cc1. The number of amides is 1. The van der Waals surface area contributed by atoms with E-state index in [4.69, 9.17) is 10.2 Å². The summed E-state index contributed by atoms with van der Waals surface area (Å²) >= 11 is 0. The number of nitrogens with zero attached hydrogens (tertiary/aromatic N) is 2. The van der Waals surface area contributed by atoms with Crippen LogP contribution in [0.4, 0.5) is 5.82 Å². The minimum absolute atomic E-state index is 0.00714. The number of nitrogen functional groups attached to an aromatic ring is 1. The number of aliphatic hydroxyl groups is 1. The Morgan fingerprint density at radius 2 is 2.04 bits per heavy atom. The van der Waals surface area contributed by atoms with Crippen LogP contribution in [0.5, 0.6) is 0 Å². The van der Waals surface area contributed by atoms with Gasteiger partial charge in [0.05, 0.1) is 19.2 Å². The van der Waals surface area contributed by atoms with Gasteiger partial charge in [-0.3, -0.25) is 4.79 Å². The van der Waals surface area contributed by atoms with E-state index in [1.165, 1.54) is 0 Å². The highest BCUT2D eigenvalue weighted by molar-refractivity contribution is 5.95. The van der Waals surface area contributed by atoms with Gasteiger partial charge in [0, 0.05) is 5.56 Å². The van der Waals surface area contributed by atoms with E-state index in [-0.39, 0.29) is 11.5 Å². The fraction of sp³-hybridized carbons (Fsp3) is 0.278. The van der Waals surface area contributed by atoms with E-state index in [2.05, 4.69) is 20.3 Å². The standard InChI is InChI=1S/C18H21N5O4/c1-11(24)12-2-4-13(5-3-12)15-7-6-14(26-15)10-20-8-9-21-18(25)16-17(19)23-27-22-16/h2-7,11,20,24H,8-10H2,1H3,(H2,19,23)(H,21,25)/p+1/t11-/m1/s1. The Morgan fingerprint density at radius 1 is 1.26 bits per heavy atom. The molecule has 0 saturated carbocycles. The number of quaternary nitrogens is 1. The monoisotopic (exact) mass is 372 g/mol. The van der Waals surface area contributed by atoms with Crippen LogP contribution in [0.2, 0.25) is 0 Å². The number of aliphatic hydroxyl groups excluding tert-OH is 1. The van der Waals surface area contributed by atoms with Crippen LogP contribution < -0.4 is 16.4 Å². The summed E-state index contributed by atoms with van der Waals surface area (Å²) in [4.78, 5) is 11.8. The van der Waals surface area contributed by atoms with Gasteiger partial charge in [-0.2, -0.15) is 0 Å². The Balaban J connectivity index is 1.43. The molecular weight excluding hydrogens is 350 g/mol. The number of furan rings is 1. The molecule has 2 heterocycles. The van der Waals surface area contributed by atoms with Crippen molar-refractivity contribution in [1.82, 2.24) is 15.6 Å². The number of anilines is 1. The molecule has 0 saturated heterocycles. The molecule has 0 radical (unpaired) electrons. The Labute approximate surface area is 155 Å². The molecule has 0 fully saturated rings. The summed E-state index contributed by atoms with van der Waals surface area (Å²) in [6.07, 6.45) is -0.488. The highest BCUT2D eigenvalue weighted by Gasteiger charge is 2.15. The van der Waals surface area contributed by atoms with Crippen LogP contribution in [0, 0.1) is 0 Å². The third kappa shape index (κ3) is 4.72. The van der Waals surface area contributed by atoms with Crippen LogP contribution in [0.15, 0.2) is 45.4 Å². The molecule has 142 valence electrons. The van der Waals surface area contributed by atoms with Crippen molar-refractivity contribution in [3.05, 3.63) is 53.4 Å². The number of aromatic nitrogens is 2. The average molecular weight is 372 g/mol. The first kappa shape index (κ1) is 18.6. The highest BCUT2D eigenvalue weighted by atomic mass is 16.6. The largest absolute Gasteiger partial charge is 0.455 e. The van der Waals surface area contributed by atoms with Crippen molar-refractivity contribution >= 4 is 11.7 Å². The summed E-state index contributed by atoms with van der Waals surface area (Å²) < 4.78 is 10.2. The van der Waals surface area contributed by atoms with Gasteiger partial charge < -0.3 is 25.9 Å². The lowest BCUT2D eigenvalue weighted by Crippen LogP contribution is -2.84. The number of hydrogen-bond donors (Lipinski definition) is 4. The van der Waals surface area contributed by atoms with Crippen molar-refractivity contribution in [1.29, 1.82) is 0 Å². The van der Waals surface area contributed by atoms with Gasteiger partial charge in [-0.05, 0) is 34.9 Å². The Hall–Kier alpha value is -3.17. The Kier molecular flexibility index (Phi) is 5.84. The highest BCUT2D eigenvalue weighted by Crippen LogP contribution is 2.23. The zero-order valence-corrected chi connectivity index (χ0v) is 14.9. The summed E-state index contributed by atoms with van der Waals surface area (Å²) in [5.74, 6) is 1.17. The van der Waals surface area contributed by atoms with Crippen molar-refractivity contribution < 1.29 is 24.3 Å². The third-order valence-electron chi connectivity index (χ3n) is 4.05. The molecule has 1 atom stereocenters. The zero-order valence-electron chi connectivity index (χ0n) is 14.9. The maximum Gasteiger partial charge on any atom is 0.277 e. The second kappa shape index (κ2) is 8.47. The van der Waals surface area contributed by atoms with Crippen molar-refractivity contribution in [2.45, 2.75) is 19.6 Å². The normalized spacial score (nSPS) is 12.1. The minimum Gasteiger partial charge on any atom is -0.455 e. The fourth-order valence-corrected chi connectivity index (χ4v) is 2.54. The van der Waals surface area contributed by atoms with Gasteiger partial charge in [-0.1, -0.05) is 24.3 Å². The van der Waals surface area contributed by atoms with E-state index in [0.717, 1.165) is 22.6 Å². The quantitative estimate of drug-likeness (QED) is 0.420. The predicted molar refractivity (Wildman–Crippen MR) is 96.3 cm³/mol. The Morgan fingerprint density at radius 3 is 2.70 bits per heavy atom. The molecule has 0 aliphatic heterocycles. The van der Waals surface area contributed by atoms with Gasteiger partial charge >= 0.3 is 0 Å². The summed E-state index contributed by atoms with van der Waals surface area (Å²) in [7, 11) is 0. The summed E-state index contributed by atoms with van der Waals surface area (Å²) in [5.41, 5.74) is 7.27. The van der Waals surface area contributed by atoms with E-state index in [1.54, 1.807) is 6.92 Å². The molecule has 1 amide bonds. The smallest absolute Gasteiger partial charge is 0.277 e. The third-order valence-corrected chi connectivity index (χ3v) is 4.05. The first-order valence-electron chi connectivity index (χ1n) is 8.59. The van der Waals surface area contributed by atoms with Crippen molar-refractivity contribution in [2.75, 3.05) is 18.8 Å². The summed E-state index contributed by atoms with van der Waals surface area (Å²) in [6, 6.07) is 11.5. The van der Waals surface area contributed by atoms with Crippen molar-refractivity contribution in [2.24, 2.45) is 0 Å². The minimum atomic E-state index is -0.488. The van der Waals surface area contributed by atoms with E-state index in [9.17, 15) is 9.90 Å². The van der Waals surface area contributed by atoms with Crippen LogP contribution in [-0.4, -0.2) is 34.4 Å². The molecule has 3 aromatic rings. The van der Waals surface area contributed by atoms with E-state index in [0.29, 0.717) is 19.6 Å². The number of benzene rings is 1. The first-order chi connectivity index (χ1) is 13.0. The number of nitrogens with two attached hydrogens (primary N) is 2. The Bertz CT molecular complexity index is 885. The summed E-state index contributed by atoms with van der Waals surface area (Å²) in [6.45, 7) is 3.49. The maximum atomic E-state index is 11.8. The molecule has 9 heteroatoms. The number of rotatable bonds is 8. The topological polar surface area (TPSA) is 144 Å². The number of carbonyl (C=O) groups is 1. The molecule has 0 bridgehead atoms. The van der Waals surface area contributed by atoms with Crippen LogP contribution in [0.3, 0.4) is 0 Å². The average Bonchev–Trinajstić information content (AvgIpc) is 3.30. The van der Waals surface area contributed by atoms with Crippen LogP contribution in [0.25, 0.3) is 11.3 Å². The number of carbonyl (C=O) groups excluding carboxylic acids is 1. The van der Waals surface area contributed by atoms with Crippen molar-refractivity contribution in [3.63, 3.8) is 0 Å². The molecule has 0 unspecified atom stereocenters. The van der Waals surface area contributed by atoms with Gasteiger partial charge in [0.1, 0.15) is 12.3 Å². The molecule has 1 aromatic carbocycles. The zero-order chi connectivity index (χ0) is 19.2. The molecule has 0 spiro atoms. The molecule has 0 aliphatic carbocycles. The number of nitrogens with one attached hydrogen (secondary N) is 1. The molecule has 3 rings (SSSR count).